The topological polar surface area (TPSA) is 40.5 Å². The second-order valence-corrected chi connectivity index (χ2v) is 4.29. The molecule has 3 nitrogen and oxygen atoms in total. The Bertz CT molecular complexity index is 226. The number of thioether (sulfide) groups is 1. The number of rotatable bonds is 2. The number of aliphatic hydroxyl groups is 1. The van der Waals surface area contributed by atoms with Gasteiger partial charge in [-0.2, -0.15) is 0 Å². The lowest BCUT2D eigenvalue weighted by Crippen LogP contribution is -2.32. The summed E-state index contributed by atoms with van der Waals surface area (Å²) < 4.78 is 0. The van der Waals surface area contributed by atoms with Gasteiger partial charge in [-0.15, -0.1) is 11.8 Å². The summed E-state index contributed by atoms with van der Waals surface area (Å²) in [5, 5.41) is 11.4. The first kappa shape index (κ1) is 10.6. The monoisotopic (exact) mass is 201 g/mol. The number of β-amino-alcohol motifs (C(OH)–C–C–N with tert-alkyl or cyclic N) is 1. The number of nitrogens with zero attached hydrogens (tertiary/aromatic N) is 1. The van der Waals surface area contributed by atoms with Crippen molar-refractivity contribution < 1.29 is 9.90 Å². The zero-order chi connectivity index (χ0) is 9.90. The highest BCUT2D eigenvalue weighted by molar-refractivity contribution is 8.01. The Hall–Kier alpha value is -0.480. The van der Waals surface area contributed by atoms with Crippen LogP contribution in [0.25, 0.3) is 0 Å². The molecule has 1 amide bonds. The highest BCUT2D eigenvalue weighted by Gasteiger charge is 2.32. The third-order valence-corrected chi connectivity index (χ3v) is 2.52. The molecule has 1 aliphatic rings. The van der Waals surface area contributed by atoms with Gasteiger partial charge in [0.25, 0.3) is 0 Å². The molecule has 0 bridgehead atoms. The zero-order valence-corrected chi connectivity index (χ0v) is 8.80. The molecule has 1 saturated heterocycles. The lowest BCUT2D eigenvalue weighted by Gasteiger charge is -2.17. The Morgan fingerprint density at radius 1 is 1.69 bits per heavy atom. The predicted octanol–water partition coefficient (Wildman–Crippen LogP) is 0.846. The number of likely N-dealkylation sites (tertiary alicyclic amines) is 1. The van der Waals surface area contributed by atoms with E-state index < -0.39 is 5.60 Å². The fourth-order valence-electron chi connectivity index (χ4n) is 1.36. The van der Waals surface area contributed by atoms with E-state index in [0.717, 1.165) is 0 Å². The number of carbonyl (C=O) groups is 1. The Morgan fingerprint density at radius 2 is 2.38 bits per heavy atom. The molecule has 1 rings (SSSR count). The molecule has 1 fully saturated rings. The van der Waals surface area contributed by atoms with Crippen molar-refractivity contribution in [3.8, 4) is 0 Å². The summed E-state index contributed by atoms with van der Waals surface area (Å²) in [5.74, 6) is -0.00729. The lowest BCUT2D eigenvalue weighted by molar-refractivity contribution is -0.125. The van der Waals surface area contributed by atoms with Crippen LogP contribution in [0, 0.1) is 0 Å². The first-order chi connectivity index (χ1) is 6.05. The second-order valence-electron chi connectivity index (χ2n) is 3.55. The normalized spacial score (nSPS) is 28.7. The summed E-state index contributed by atoms with van der Waals surface area (Å²) in [6.07, 6.45) is 4.13. The molecule has 0 spiro atoms. The molecule has 13 heavy (non-hydrogen) atoms. The third kappa shape index (κ3) is 3.04. The van der Waals surface area contributed by atoms with Crippen molar-refractivity contribution >= 4 is 17.7 Å². The first-order valence-electron chi connectivity index (χ1n) is 4.26. The van der Waals surface area contributed by atoms with Crippen LogP contribution in [-0.2, 0) is 4.79 Å². The third-order valence-electron chi connectivity index (χ3n) is 2.11. The van der Waals surface area contributed by atoms with Crippen molar-refractivity contribution in [2.45, 2.75) is 18.9 Å². The SMILES string of the molecule is CS/C=C/C(=O)N1CCC(C)(O)C1. The fourth-order valence-corrected chi connectivity index (χ4v) is 1.62. The highest BCUT2D eigenvalue weighted by Crippen LogP contribution is 2.20. The van der Waals surface area contributed by atoms with Crippen molar-refractivity contribution in [1.82, 2.24) is 4.90 Å². The summed E-state index contributed by atoms with van der Waals surface area (Å²) in [5.41, 5.74) is -0.692. The maximum atomic E-state index is 11.4. The van der Waals surface area contributed by atoms with Crippen LogP contribution >= 0.6 is 11.8 Å². The standard InChI is InChI=1S/C9H15NO2S/c1-9(12)4-5-10(7-9)8(11)3-6-13-2/h3,6,12H,4-5,7H2,1-2H3/b6-3+. The molecule has 0 aromatic carbocycles. The van der Waals surface area contributed by atoms with Crippen molar-refractivity contribution in [3.05, 3.63) is 11.5 Å². The van der Waals surface area contributed by atoms with E-state index in [4.69, 9.17) is 0 Å². The van der Waals surface area contributed by atoms with Gasteiger partial charge in [-0.1, -0.05) is 0 Å². The zero-order valence-electron chi connectivity index (χ0n) is 7.99. The largest absolute Gasteiger partial charge is 0.388 e. The van der Waals surface area contributed by atoms with Crippen LogP contribution in [0.15, 0.2) is 11.5 Å². The molecule has 0 radical (unpaired) electrons. The van der Waals surface area contributed by atoms with Crippen molar-refractivity contribution in [1.29, 1.82) is 0 Å². The fraction of sp³-hybridized carbons (Fsp3) is 0.667. The van der Waals surface area contributed by atoms with Crippen LogP contribution in [-0.4, -0.2) is 40.9 Å². The molecule has 1 atom stereocenters. The average Bonchev–Trinajstić information content (AvgIpc) is 2.42. The maximum Gasteiger partial charge on any atom is 0.247 e. The van der Waals surface area contributed by atoms with Gasteiger partial charge in [-0.25, -0.2) is 0 Å². The van der Waals surface area contributed by atoms with Gasteiger partial charge in [0.15, 0.2) is 0 Å². The second kappa shape index (κ2) is 4.15. The van der Waals surface area contributed by atoms with Crippen molar-refractivity contribution in [2.24, 2.45) is 0 Å². The van der Waals surface area contributed by atoms with Gasteiger partial charge in [0.05, 0.1) is 5.60 Å². The number of hydrogen-bond donors (Lipinski definition) is 1. The van der Waals surface area contributed by atoms with Gasteiger partial charge in [0, 0.05) is 19.2 Å². The predicted molar refractivity (Wildman–Crippen MR) is 54.5 cm³/mol. The van der Waals surface area contributed by atoms with Gasteiger partial charge < -0.3 is 10.0 Å². The molecule has 4 heteroatoms. The summed E-state index contributed by atoms with van der Waals surface area (Å²) in [7, 11) is 0. The molecular weight excluding hydrogens is 186 g/mol. The van der Waals surface area contributed by atoms with Gasteiger partial charge in [0.2, 0.25) is 5.91 Å². The van der Waals surface area contributed by atoms with Crippen LogP contribution in [0.4, 0.5) is 0 Å². The van der Waals surface area contributed by atoms with E-state index in [1.807, 2.05) is 6.26 Å². The van der Waals surface area contributed by atoms with Gasteiger partial charge in [-0.05, 0) is 25.0 Å². The summed E-state index contributed by atoms with van der Waals surface area (Å²) >= 11 is 1.50. The Morgan fingerprint density at radius 3 is 2.85 bits per heavy atom. The van der Waals surface area contributed by atoms with E-state index in [1.165, 1.54) is 11.8 Å². The quantitative estimate of drug-likeness (QED) is 0.673. The molecule has 1 aliphatic heterocycles. The molecule has 1 unspecified atom stereocenters. The Kier molecular flexibility index (Phi) is 3.39. The van der Waals surface area contributed by atoms with Crippen LogP contribution < -0.4 is 0 Å². The van der Waals surface area contributed by atoms with Gasteiger partial charge in [0.1, 0.15) is 0 Å². The molecular formula is C9H15NO2S. The Balaban J connectivity index is 2.47. The summed E-state index contributed by atoms with van der Waals surface area (Å²) in [6, 6.07) is 0. The van der Waals surface area contributed by atoms with E-state index in [1.54, 1.807) is 23.3 Å². The highest BCUT2D eigenvalue weighted by atomic mass is 32.2. The number of carbonyl (C=O) groups excluding carboxylic acids is 1. The smallest absolute Gasteiger partial charge is 0.247 e. The van der Waals surface area contributed by atoms with E-state index in [9.17, 15) is 9.90 Å². The van der Waals surface area contributed by atoms with Crippen molar-refractivity contribution in [2.75, 3.05) is 19.3 Å². The van der Waals surface area contributed by atoms with E-state index >= 15 is 0 Å². The first-order valence-corrected chi connectivity index (χ1v) is 5.54. The van der Waals surface area contributed by atoms with Crippen LogP contribution in [0.1, 0.15) is 13.3 Å². The molecule has 0 aliphatic carbocycles. The summed E-state index contributed by atoms with van der Waals surface area (Å²) in [6.45, 7) is 2.87. The molecule has 74 valence electrons. The van der Waals surface area contributed by atoms with Crippen LogP contribution in [0.2, 0.25) is 0 Å². The molecule has 1 heterocycles. The minimum Gasteiger partial charge on any atom is -0.388 e. The molecule has 0 saturated carbocycles. The van der Waals surface area contributed by atoms with Crippen LogP contribution in [0.3, 0.4) is 0 Å². The molecule has 0 aromatic rings. The van der Waals surface area contributed by atoms with Crippen LogP contribution in [0.5, 0.6) is 0 Å². The minimum absolute atomic E-state index is 0.00729. The minimum atomic E-state index is -0.692. The average molecular weight is 201 g/mol. The van der Waals surface area contributed by atoms with E-state index in [2.05, 4.69) is 0 Å². The van der Waals surface area contributed by atoms with Gasteiger partial charge >= 0.3 is 0 Å². The molecule has 1 N–H and O–H groups in total. The van der Waals surface area contributed by atoms with E-state index in [0.29, 0.717) is 19.5 Å². The van der Waals surface area contributed by atoms with Crippen molar-refractivity contribution in [3.63, 3.8) is 0 Å². The summed E-state index contributed by atoms with van der Waals surface area (Å²) in [4.78, 5) is 13.1. The number of amides is 1. The van der Waals surface area contributed by atoms with E-state index in [-0.39, 0.29) is 5.91 Å². The number of hydrogen-bond acceptors (Lipinski definition) is 3. The molecule has 0 aromatic heterocycles. The Labute approximate surface area is 82.8 Å². The lowest BCUT2D eigenvalue weighted by atomic mass is 10.1. The maximum absolute atomic E-state index is 11.4. The van der Waals surface area contributed by atoms with Gasteiger partial charge in [-0.3, -0.25) is 4.79 Å².